The average Bonchev–Trinajstić information content (AvgIpc) is 3.31. The van der Waals surface area contributed by atoms with E-state index in [1.54, 1.807) is 18.4 Å². The summed E-state index contributed by atoms with van der Waals surface area (Å²) in [5, 5.41) is 11.1. The quantitative estimate of drug-likeness (QED) is 0.320. The minimum Gasteiger partial charge on any atom is -0.444 e. The molecule has 0 fully saturated rings. The SMILES string of the molecule is CCNC(=NCCCn1nc(C)cc1C)NCCc1coc(-c2ccc(F)cc2)n1. The van der Waals surface area contributed by atoms with E-state index < -0.39 is 0 Å². The number of oxazole rings is 1. The van der Waals surface area contributed by atoms with Gasteiger partial charge >= 0.3 is 0 Å². The molecule has 0 atom stereocenters. The fourth-order valence-electron chi connectivity index (χ4n) is 3.11. The Kier molecular flexibility index (Phi) is 7.59. The number of aryl methyl sites for hydroxylation is 3. The standard InChI is InChI=1S/C22H29FN6O/c1-4-24-22(25-11-5-13-29-17(3)14-16(2)28-29)26-12-10-20-15-30-21(27-20)18-6-8-19(23)9-7-18/h6-9,14-15H,4-5,10-13H2,1-3H3,(H2,24,25,26). The van der Waals surface area contributed by atoms with Crippen molar-refractivity contribution in [2.45, 2.75) is 40.2 Å². The van der Waals surface area contributed by atoms with Gasteiger partial charge in [0.15, 0.2) is 5.96 Å². The van der Waals surface area contributed by atoms with Crippen molar-refractivity contribution in [1.29, 1.82) is 0 Å². The van der Waals surface area contributed by atoms with E-state index in [-0.39, 0.29) is 5.82 Å². The maximum absolute atomic E-state index is 13.0. The summed E-state index contributed by atoms with van der Waals surface area (Å²) in [4.78, 5) is 9.10. The first kappa shape index (κ1) is 21.5. The average molecular weight is 413 g/mol. The predicted molar refractivity (Wildman–Crippen MR) is 116 cm³/mol. The van der Waals surface area contributed by atoms with Gasteiger partial charge in [-0.15, -0.1) is 0 Å². The molecule has 0 aliphatic rings. The summed E-state index contributed by atoms with van der Waals surface area (Å²) >= 11 is 0. The van der Waals surface area contributed by atoms with Crippen LogP contribution in [0.1, 0.15) is 30.4 Å². The van der Waals surface area contributed by atoms with Crippen LogP contribution in [0.15, 0.2) is 46.0 Å². The van der Waals surface area contributed by atoms with Crippen molar-refractivity contribution in [1.82, 2.24) is 25.4 Å². The maximum Gasteiger partial charge on any atom is 0.226 e. The molecule has 0 radical (unpaired) electrons. The van der Waals surface area contributed by atoms with Gasteiger partial charge in [-0.25, -0.2) is 9.37 Å². The summed E-state index contributed by atoms with van der Waals surface area (Å²) in [7, 11) is 0. The van der Waals surface area contributed by atoms with Gasteiger partial charge in [-0.3, -0.25) is 9.67 Å². The Balaban J connectivity index is 1.45. The molecule has 0 bridgehead atoms. The summed E-state index contributed by atoms with van der Waals surface area (Å²) in [6.45, 7) is 9.16. The lowest BCUT2D eigenvalue weighted by molar-refractivity contribution is 0.566. The number of nitrogens with one attached hydrogen (secondary N) is 2. The number of halogens is 1. The highest BCUT2D eigenvalue weighted by Gasteiger charge is 2.07. The molecule has 0 aliphatic carbocycles. The third-order valence-electron chi connectivity index (χ3n) is 4.56. The van der Waals surface area contributed by atoms with Crippen molar-refractivity contribution in [3.8, 4) is 11.5 Å². The number of benzene rings is 1. The highest BCUT2D eigenvalue weighted by Crippen LogP contribution is 2.18. The van der Waals surface area contributed by atoms with Crippen LogP contribution in [0.2, 0.25) is 0 Å². The van der Waals surface area contributed by atoms with Crippen LogP contribution in [-0.2, 0) is 13.0 Å². The first-order valence-electron chi connectivity index (χ1n) is 10.3. The number of nitrogens with zero attached hydrogens (tertiary/aromatic N) is 4. The molecule has 0 amide bonds. The van der Waals surface area contributed by atoms with Crippen molar-refractivity contribution in [2.75, 3.05) is 19.6 Å². The van der Waals surface area contributed by atoms with Crippen molar-refractivity contribution in [3.05, 3.63) is 59.5 Å². The Bertz CT molecular complexity index is 960. The number of aromatic nitrogens is 3. The molecule has 3 aromatic rings. The molecule has 0 aliphatic heterocycles. The molecule has 0 spiro atoms. The van der Waals surface area contributed by atoms with E-state index in [4.69, 9.17) is 4.42 Å². The summed E-state index contributed by atoms with van der Waals surface area (Å²) < 4.78 is 20.6. The van der Waals surface area contributed by atoms with Crippen LogP contribution in [0, 0.1) is 19.7 Å². The fraction of sp³-hybridized carbons (Fsp3) is 0.409. The summed E-state index contributed by atoms with van der Waals surface area (Å²) in [5.74, 6) is 1.00. The van der Waals surface area contributed by atoms with Crippen LogP contribution < -0.4 is 10.6 Å². The normalized spacial score (nSPS) is 11.7. The van der Waals surface area contributed by atoms with Gasteiger partial charge in [0, 0.05) is 43.9 Å². The molecular formula is C22H29FN6O. The second kappa shape index (κ2) is 10.6. The Hall–Kier alpha value is -3.16. The fourth-order valence-corrected chi connectivity index (χ4v) is 3.11. The molecule has 8 heteroatoms. The zero-order chi connectivity index (χ0) is 21.3. The topological polar surface area (TPSA) is 80.3 Å². The van der Waals surface area contributed by atoms with Gasteiger partial charge in [0.25, 0.3) is 0 Å². The molecule has 7 nitrogen and oxygen atoms in total. The van der Waals surface area contributed by atoms with Crippen molar-refractivity contribution < 1.29 is 8.81 Å². The highest BCUT2D eigenvalue weighted by atomic mass is 19.1. The highest BCUT2D eigenvalue weighted by molar-refractivity contribution is 5.79. The first-order chi connectivity index (χ1) is 14.5. The molecular weight excluding hydrogens is 383 g/mol. The molecule has 0 unspecified atom stereocenters. The first-order valence-corrected chi connectivity index (χ1v) is 10.3. The number of hydrogen-bond acceptors (Lipinski definition) is 4. The second-order valence-electron chi connectivity index (χ2n) is 7.09. The molecule has 2 heterocycles. The van der Waals surface area contributed by atoms with E-state index in [0.29, 0.717) is 25.4 Å². The van der Waals surface area contributed by atoms with Crippen LogP contribution >= 0.6 is 0 Å². The van der Waals surface area contributed by atoms with E-state index in [1.165, 1.54) is 17.8 Å². The van der Waals surface area contributed by atoms with Gasteiger partial charge in [0.1, 0.15) is 12.1 Å². The van der Waals surface area contributed by atoms with Gasteiger partial charge in [-0.2, -0.15) is 5.10 Å². The van der Waals surface area contributed by atoms with Gasteiger partial charge in [0.2, 0.25) is 5.89 Å². The lowest BCUT2D eigenvalue weighted by atomic mass is 10.2. The number of guanidine groups is 1. The van der Waals surface area contributed by atoms with E-state index in [2.05, 4.69) is 38.7 Å². The van der Waals surface area contributed by atoms with Crippen molar-refractivity contribution in [3.63, 3.8) is 0 Å². The smallest absolute Gasteiger partial charge is 0.226 e. The molecule has 1 aromatic carbocycles. The van der Waals surface area contributed by atoms with Crippen LogP contribution in [0.4, 0.5) is 4.39 Å². The van der Waals surface area contributed by atoms with Crippen molar-refractivity contribution >= 4 is 5.96 Å². The van der Waals surface area contributed by atoms with Crippen LogP contribution in [0.3, 0.4) is 0 Å². The third kappa shape index (κ3) is 6.17. The summed E-state index contributed by atoms with van der Waals surface area (Å²) in [5.41, 5.74) is 3.81. The largest absolute Gasteiger partial charge is 0.444 e. The van der Waals surface area contributed by atoms with E-state index in [1.807, 2.05) is 18.5 Å². The molecule has 2 aromatic heterocycles. The Morgan fingerprint density at radius 1 is 1.20 bits per heavy atom. The van der Waals surface area contributed by atoms with Crippen LogP contribution in [-0.4, -0.2) is 40.4 Å². The van der Waals surface area contributed by atoms with E-state index >= 15 is 0 Å². The second-order valence-corrected chi connectivity index (χ2v) is 7.09. The monoisotopic (exact) mass is 412 g/mol. The summed E-state index contributed by atoms with van der Waals surface area (Å²) in [6.07, 6.45) is 3.25. The Labute approximate surface area is 176 Å². The molecule has 160 valence electrons. The van der Waals surface area contributed by atoms with Gasteiger partial charge < -0.3 is 15.1 Å². The lowest BCUT2D eigenvalue weighted by Crippen LogP contribution is -2.38. The number of rotatable bonds is 9. The zero-order valence-corrected chi connectivity index (χ0v) is 17.8. The molecule has 0 saturated heterocycles. The molecule has 3 rings (SSSR count). The van der Waals surface area contributed by atoms with Crippen LogP contribution in [0.25, 0.3) is 11.5 Å². The zero-order valence-electron chi connectivity index (χ0n) is 17.8. The molecule has 2 N–H and O–H groups in total. The van der Waals surface area contributed by atoms with Crippen molar-refractivity contribution in [2.24, 2.45) is 4.99 Å². The molecule has 0 saturated carbocycles. The van der Waals surface area contributed by atoms with Gasteiger partial charge in [-0.05, 0) is 57.5 Å². The minimum absolute atomic E-state index is 0.278. The van der Waals surface area contributed by atoms with E-state index in [9.17, 15) is 4.39 Å². The van der Waals surface area contributed by atoms with Crippen LogP contribution in [0.5, 0.6) is 0 Å². The lowest BCUT2D eigenvalue weighted by Gasteiger charge is -2.10. The Morgan fingerprint density at radius 3 is 2.70 bits per heavy atom. The van der Waals surface area contributed by atoms with Gasteiger partial charge in [-0.1, -0.05) is 0 Å². The maximum atomic E-state index is 13.0. The predicted octanol–water partition coefficient (Wildman–Crippen LogP) is 3.48. The number of hydrogen-bond donors (Lipinski definition) is 2. The third-order valence-corrected chi connectivity index (χ3v) is 4.56. The minimum atomic E-state index is -0.278. The Morgan fingerprint density at radius 2 is 2.00 bits per heavy atom. The van der Waals surface area contributed by atoms with E-state index in [0.717, 1.165) is 42.4 Å². The van der Waals surface area contributed by atoms with Gasteiger partial charge in [0.05, 0.1) is 11.4 Å². The summed E-state index contributed by atoms with van der Waals surface area (Å²) in [6, 6.07) is 8.19. The molecule has 30 heavy (non-hydrogen) atoms. The number of aliphatic imine (C=N–C) groups is 1.